The van der Waals surface area contributed by atoms with Gasteiger partial charge in [0.1, 0.15) is 0 Å². The molecular formula is C26H35N5O4. The zero-order valence-electron chi connectivity index (χ0n) is 20.1. The number of hydrogen-bond acceptors (Lipinski definition) is 5. The van der Waals surface area contributed by atoms with Crippen LogP contribution < -0.4 is 16.0 Å². The molecule has 2 saturated heterocycles. The second-order valence-electron chi connectivity index (χ2n) is 11.9. The molecule has 4 aliphatic carbocycles. The molecule has 7 rings (SSSR count). The van der Waals surface area contributed by atoms with Gasteiger partial charge in [0.25, 0.3) is 5.69 Å². The SMILES string of the molecule is O=C(CN1[C@@H]2CC[C@@H]1CC(NC(=O)NC13CC4CC(CC(C4)C1)C3)C2)Nc1ccc([N+](=O)[O-])cc1. The lowest BCUT2D eigenvalue weighted by Crippen LogP contribution is -2.63. The first-order valence-electron chi connectivity index (χ1n) is 13.2. The van der Waals surface area contributed by atoms with E-state index in [4.69, 9.17) is 0 Å². The molecule has 1 aromatic carbocycles. The van der Waals surface area contributed by atoms with Crippen LogP contribution in [-0.4, -0.2) is 52.0 Å². The summed E-state index contributed by atoms with van der Waals surface area (Å²) < 4.78 is 0. The molecule has 6 fully saturated rings. The number of hydrogen-bond donors (Lipinski definition) is 3. The minimum absolute atomic E-state index is 0.000661. The Morgan fingerprint density at radius 3 is 2.06 bits per heavy atom. The van der Waals surface area contributed by atoms with Gasteiger partial charge in [-0.1, -0.05) is 0 Å². The van der Waals surface area contributed by atoms with E-state index in [2.05, 4.69) is 20.9 Å². The molecule has 0 spiro atoms. The highest BCUT2D eigenvalue weighted by molar-refractivity contribution is 5.92. The Labute approximate surface area is 205 Å². The quantitative estimate of drug-likeness (QED) is 0.422. The molecule has 6 aliphatic rings. The van der Waals surface area contributed by atoms with E-state index in [0.29, 0.717) is 24.3 Å². The minimum Gasteiger partial charge on any atom is -0.335 e. The molecule has 35 heavy (non-hydrogen) atoms. The number of non-ortho nitro benzene ring substituents is 1. The van der Waals surface area contributed by atoms with Crippen molar-refractivity contribution in [2.45, 2.75) is 87.9 Å². The normalized spacial score (nSPS) is 37.1. The van der Waals surface area contributed by atoms with E-state index < -0.39 is 4.92 Å². The summed E-state index contributed by atoms with van der Waals surface area (Å²) in [7, 11) is 0. The van der Waals surface area contributed by atoms with E-state index in [9.17, 15) is 19.7 Å². The Bertz CT molecular complexity index is 962. The van der Waals surface area contributed by atoms with E-state index in [0.717, 1.165) is 62.7 Å². The number of rotatable bonds is 6. The summed E-state index contributed by atoms with van der Waals surface area (Å²) in [5, 5.41) is 20.4. The smallest absolute Gasteiger partial charge is 0.315 e. The lowest BCUT2D eigenvalue weighted by atomic mass is 9.53. The number of nitro groups is 1. The van der Waals surface area contributed by atoms with Gasteiger partial charge in [0.15, 0.2) is 0 Å². The molecule has 2 atom stereocenters. The maximum atomic E-state index is 13.0. The number of carbonyl (C=O) groups excluding carboxylic acids is 2. The van der Waals surface area contributed by atoms with Crippen molar-refractivity contribution in [3.05, 3.63) is 34.4 Å². The number of anilines is 1. The topological polar surface area (TPSA) is 117 Å². The van der Waals surface area contributed by atoms with Gasteiger partial charge in [0, 0.05) is 41.5 Å². The van der Waals surface area contributed by atoms with Crippen molar-refractivity contribution in [2.75, 3.05) is 11.9 Å². The monoisotopic (exact) mass is 481 g/mol. The third-order valence-corrected chi connectivity index (χ3v) is 9.32. The van der Waals surface area contributed by atoms with Crippen LogP contribution in [0.5, 0.6) is 0 Å². The number of carbonyl (C=O) groups is 2. The first-order chi connectivity index (χ1) is 16.8. The number of benzene rings is 1. The molecule has 3 N–H and O–H groups in total. The summed E-state index contributed by atoms with van der Waals surface area (Å²) in [5.41, 5.74) is 0.586. The number of nitrogens with zero attached hydrogens (tertiary/aromatic N) is 2. The Morgan fingerprint density at radius 2 is 1.51 bits per heavy atom. The van der Waals surface area contributed by atoms with Gasteiger partial charge in [-0.15, -0.1) is 0 Å². The van der Waals surface area contributed by atoms with Gasteiger partial charge in [0.2, 0.25) is 5.91 Å². The predicted molar refractivity (Wildman–Crippen MR) is 131 cm³/mol. The molecule has 2 aliphatic heterocycles. The zero-order valence-corrected chi connectivity index (χ0v) is 20.1. The molecular weight excluding hydrogens is 446 g/mol. The van der Waals surface area contributed by atoms with Gasteiger partial charge in [-0.2, -0.15) is 0 Å². The Hall–Kier alpha value is -2.68. The van der Waals surface area contributed by atoms with Crippen molar-refractivity contribution in [1.82, 2.24) is 15.5 Å². The van der Waals surface area contributed by atoms with Crippen molar-refractivity contribution in [3.63, 3.8) is 0 Å². The molecule has 0 unspecified atom stereocenters. The van der Waals surface area contributed by atoms with Gasteiger partial charge in [0.05, 0.1) is 11.5 Å². The number of fused-ring (bicyclic) bond motifs is 2. The minimum atomic E-state index is -0.453. The molecule has 3 amide bonds. The number of amides is 3. The maximum Gasteiger partial charge on any atom is 0.315 e. The lowest BCUT2D eigenvalue weighted by Gasteiger charge is -2.56. The molecule has 0 radical (unpaired) electrons. The third-order valence-electron chi connectivity index (χ3n) is 9.32. The maximum absolute atomic E-state index is 13.0. The molecule has 0 aromatic heterocycles. The lowest BCUT2D eigenvalue weighted by molar-refractivity contribution is -0.384. The van der Waals surface area contributed by atoms with Crippen LogP contribution in [0.2, 0.25) is 0 Å². The molecule has 9 heteroatoms. The largest absolute Gasteiger partial charge is 0.335 e. The molecule has 2 heterocycles. The van der Waals surface area contributed by atoms with E-state index in [-0.39, 0.29) is 29.2 Å². The van der Waals surface area contributed by atoms with Crippen molar-refractivity contribution in [3.8, 4) is 0 Å². The van der Waals surface area contributed by atoms with E-state index in [1.165, 1.54) is 31.4 Å². The molecule has 6 bridgehead atoms. The number of nitro benzene ring substituents is 1. The van der Waals surface area contributed by atoms with Crippen molar-refractivity contribution < 1.29 is 14.5 Å². The average Bonchev–Trinajstić information content (AvgIpc) is 3.00. The van der Waals surface area contributed by atoms with E-state index in [1.54, 1.807) is 12.1 Å². The fourth-order valence-corrected chi connectivity index (χ4v) is 8.41. The second kappa shape index (κ2) is 8.76. The van der Waals surface area contributed by atoms with Gasteiger partial charge in [-0.3, -0.25) is 19.8 Å². The van der Waals surface area contributed by atoms with Crippen LogP contribution in [0.1, 0.15) is 64.2 Å². The van der Waals surface area contributed by atoms with Crippen LogP contribution in [0.3, 0.4) is 0 Å². The summed E-state index contributed by atoms with van der Waals surface area (Å²) in [5.74, 6) is 2.30. The van der Waals surface area contributed by atoms with Crippen LogP contribution in [0.25, 0.3) is 0 Å². The summed E-state index contributed by atoms with van der Waals surface area (Å²) in [6.45, 7) is 0.304. The van der Waals surface area contributed by atoms with E-state index >= 15 is 0 Å². The van der Waals surface area contributed by atoms with Crippen LogP contribution in [0.4, 0.5) is 16.2 Å². The Morgan fingerprint density at radius 1 is 0.943 bits per heavy atom. The summed E-state index contributed by atoms with van der Waals surface area (Å²) in [4.78, 5) is 38.3. The van der Waals surface area contributed by atoms with Gasteiger partial charge < -0.3 is 16.0 Å². The van der Waals surface area contributed by atoms with Crippen LogP contribution in [0, 0.1) is 27.9 Å². The standard InChI is InChI=1S/C26H35N5O4/c32-24(27-19-1-3-21(4-2-19)31(34)35)15-30-22-5-6-23(30)11-20(10-22)28-25(33)29-26-12-16-7-17(13-26)9-18(8-16)14-26/h1-4,16-18,20,22-23H,5-15H2,(H,27,32)(H2,28,29,33)/t16?,17?,18?,22-,23-,26?/m1/s1. The number of piperidine rings is 1. The summed E-state index contributed by atoms with van der Waals surface area (Å²) >= 11 is 0. The van der Waals surface area contributed by atoms with Gasteiger partial charge in [-0.25, -0.2) is 4.79 Å². The van der Waals surface area contributed by atoms with Crippen molar-refractivity contribution in [1.29, 1.82) is 0 Å². The first kappa shape index (κ1) is 22.8. The fraction of sp³-hybridized carbons (Fsp3) is 0.692. The second-order valence-corrected chi connectivity index (χ2v) is 11.9. The third kappa shape index (κ3) is 4.62. The molecule has 9 nitrogen and oxygen atoms in total. The highest BCUT2D eigenvalue weighted by atomic mass is 16.6. The average molecular weight is 482 g/mol. The molecule has 1 aromatic rings. The Balaban J connectivity index is 1.00. The van der Waals surface area contributed by atoms with E-state index in [1.807, 2.05) is 0 Å². The highest BCUT2D eigenvalue weighted by Gasteiger charge is 2.52. The first-order valence-corrected chi connectivity index (χ1v) is 13.2. The number of urea groups is 1. The van der Waals surface area contributed by atoms with Crippen LogP contribution in [-0.2, 0) is 4.79 Å². The summed E-state index contributed by atoms with van der Waals surface area (Å²) in [6.07, 6.45) is 11.4. The summed E-state index contributed by atoms with van der Waals surface area (Å²) in [6, 6.07) is 6.64. The fourth-order valence-electron chi connectivity index (χ4n) is 8.41. The number of nitrogens with one attached hydrogen (secondary N) is 3. The highest BCUT2D eigenvalue weighted by Crippen LogP contribution is 2.55. The predicted octanol–water partition coefficient (Wildman–Crippen LogP) is 3.80. The van der Waals surface area contributed by atoms with Crippen molar-refractivity contribution >= 4 is 23.3 Å². The van der Waals surface area contributed by atoms with Crippen LogP contribution in [0.15, 0.2) is 24.3 Å². The van der Waals surface area contributed by atoms with Gasteiger partial charge in [-0.05, 0) is 94.1 Å². The molecule has 4 saturated carbocycles. The van der Waals surface area contributed by atoms with Crippen LogP contribution >= 0.6 is 0 Å². The zero-order chi connectivity index (χ0) is 24.2. The molecule has 188 valence electrons. The van der Waals surface area contributed by atoms with Gasteiger partial charge >= 0.3 is 6.03 Å². The van der Waals surface area contributed by atoms with Crippen molar-refractivity contribution in [2.24, 2.45) is 17.8 Å². The Kier molecular flexibility index (Phi) is 5.70.